The number of hydrogen-bond donors (Lipinski definition) is 2. The molecule has 3 N–H and O–H groups in total. The van der Waals surface area contributed by atoms with Crippen LogP contribution in [0.5, 0.6) is 0 Å². The minimum atomic E-state index is -0.0497. The van der Waals surface area contributed by atoms with Crippen molar-refractivity contribution in [3.8, 4) is 0 Å². The van der Waals surface area contributed by atoms with E-state index in [9.17, 15) is 4.79 Å². The van der Waals surface area contributed by atoms with Gasteiger partial charge in [-0.1, -0.05) is 13.3 Å². The Morgan fingerprint density at radius 2 is 2.28 bits per heavy atom. The Kier molecular flexibility index (Phi) is 6.79. The highest BCUT2D eigenvalue weighted by atomic mass is 16.5. The van der Waals surface area contributed by atoms with Crippen LogP contribution in [0.15, 0.2) is 18.3 Å². The molecule has 100 valence electrons. The lowest BCUT2D eigenvalue weighted by Crippen LogP contribution is -2.29. The van der Waals surface area contributed by atoms with Crippen LogP contribution in [0, 0.1) is 0 Å². The van der Waals surface area contributed by atoms with Crippen molar-refractivity contribution in [2.45, 2.75) is 26.2 Å². The first kappa shape index (κ1) is 14.4. The van der Waals surface area contributed by atoms with E-state index < -0.39 is 0 Å². The maximum Gasteiger partial charge on any atom is 0.226 e. The van der Waals surface area contributed by atoms with E-state index in [1.807, 2.05) is 0 Å². The van der Waals surface area contributed by atoms with Gasteiger partial charge in [0.2, 0.25) is 5.91 Å². The quantitative estimate of drug-likeness (QED) is 0.679. The van der Waals surface area contributed by atoms with E-state index in [1.165, 1.54) is 0 Å². The zero-order valence-corrected chi connectivity index (χ0v) is 10.8. The first-order valence-corrected chi connectivity index (χ1v) is 6.27. The van der Waals surface area contributed by atoms with E-state index in [2.05, 4.69) is 17.2 Å². The van der Waals surface area contributed by atoms with E-state index in [1.54, 1.807) is 18.3 Å². The lowest BCUT2D eigenvalue weighted by Gasteiger charge is -2.06. The van der Waals surface area contributed by atoms with Crippen LogP contribution in [0.25, 0.3) is 0 Å². The van der Waals surface area contributed by atoms with E-state index >= 15 is 0 Å². The number of carbonyl (C=O) groups excluding carboxylic acids is 1. The van der Waals surface area contributed by atoms with E-state index in [0.717, 1.165) is 19.4 Å². The van der Waals surface area contributed by atoms with Gasteiger partial charge in [0.05, 0.1) is 24.9 Å². The van der Waals surface area contributed by atoms with Gasteiger partial charge in [0.15, 0.2) is 0 Å². The molecule has 1 heterocycles. The number of pyridine rings is 1. The first-order valence-electron chi connectivity index (χ1n) is 6.27. The van der Waals surface area contributed by atoms with Gasteiger partial charge >= 0.3 is 0 Å². The third-order valence-corrected chi connectivity index (χ3v) is 2.40. The highest BCUT2D eigenvalue weighted by Gasteiger charge is 2.03. The van der Waals surface area contributed by atoms with Crippen molar-refractivity contribution in [2.24, 2.45) is 0 Å². The van der Waals surface area contributed by atoms with Crippen LogP contribution in [-0.2, 0) is 16.0 Å². The Morgan fingerprint density at radius 3 is 2.94 bits per heavy atom. The predicted octanol–water partition coefficient (Wildman–Crippen LogP) is 1.14. The minimum absolute atomic E-state index is 0.0497. The van der Waals surface area contributed by atoms with Gasteiger partial charge in [-0.25, -0.2) is 0 Å². The molecule has 0 aromatic carbocycles. The van der Waals surface area contributed by atoms with Gasteiger partial charge in [0, 0.05) is 18.8 Å². The summed E-state index contributed by atoms with van der Waals surface area (Å²) in [5, 5.41) is 2.79. The number of nitrogens with zero attached hydrogens (tertiary/aromatic N) is 1. The summed E-state index contributed by atoms with van der Waals surface area (Å²) in [7, 11) is 0. The molecule has 1 amide bonds. The Labute approximate surface area is 108 Å². The number of ether oxygens (including phenoxy) is 1. The molecule has 0 aliphatic heterocycles. The number of aromatic nitrogens is 1. The molecule has 0 saturated carbocycles. The standard InChI is InChI=1S/C13H21N3O2/c1-2-3-7-18-8-6-15-13(17)9-12-5-4-11(14)10-16-12/h4-5,10H,2-3,6-9,14H2,1H3,(H,15,17). The Hall–Kier alpha value is -1.62. The van der Waals surface area contributed by atoms with Gasteiger partial charge in [0.1, 0.15) is 0 Å². The fourth-order valence-corrected chi connectivity index (χ4v) is 1.38. The van der Waals surface area contributed by atoms with Crippen molar-refractivity contribution < 1.29 is 9.53 Å². The fourth-order valence-electron chi connectivity index (χ4n) is 1.38. The summed E-state index contributed by atoms with van der Waals surface area (Å²) < 4.78 is 5.34. The van der Waals surface area contributed by atoms with Crippen molar-refractivity contribution in [2.75, 3.05) is 25.5 Å². The van der Waals surface area contributed by atoms with Crippen molar-refractivity contribution in [3.63, 3.8) is 0 Å². The second-order valence-electron chi connectivity index (χ2n) is 4.08. The van der Waals surface area contributed by atoms with Gasteiger partial charge in [-0.2, -0.15) is 0 Å². The molecule has 18 heavy (non-hydrogen) atoms. The van der Waals surface area contributed by atoms with Gasteiger partial charge < -0.3 is 15.8 Å². The first-order chi connectivity index (χ1) is 8.72. The molecule has 0 atom stereocenters. The van der Waals surface area contributed by atoms with Crippen molar-refractivity contribution >= 4 is 11.6 Å². The third kappa shape index (κ3) is 6.20. The second kappa shape index (κ2) is 8.47. The maximum absolute atomic E-state index is 11.5. The summed E-state index contributed by atoms with van der Waals surface area (Å²) in [5.41, 5.74) is 6.83. The number of amides is 1. The third-order valence-electron chi connectivity index (χ3n) is 2.40. The smallest absolute Gasteiger partial charge is 0.226 e. The zero-order chi connectivity index (χ0) is 13.2. The Bertz CT molecular complexity index is 352. The van der Waals surface area contributed by atoms with Crippen LogP contribution < -0.4 is 11.1 Å². The number of hydrogen-bond acceptors (Lipinski definition) is 4. The van der Waals surface area contributed by atoms with Crippen molar-refractivity contribution in [1.82, 2.24) is 10.3 Å². The van der Waals surface area contributed by atoms with Crippen molar-refractivity contribution in [3.05, 3.63) is 24.0 Å². The lowest BCUT2D eigenvalue weighted by atomic mass is 10.2. The van der Waals surface area contributed by atoms with Gasteiger partial charge in [-0.15, -0.1) is 0 Å². The molecule has 0 spiro atoms. The highest BCUT2D eigenvalue weighted by molar-refractivity contribution is 5.78. The van der Waals surface area contributed by atoms with Crippen LogP contribution >= 0.6 is 0 Å². The van der Waals surface area contributed by atoms with Crippen LogP contribution in [-0.4, -0.2) is 30.6 Å². The summed E-state index contributed by atoms with van der Waals surface area (Å²) in [6.45, 7) is 3.97. The number of rotatable bonds is 8. The Morgan fingerprint density at radius 1 is 1.44 bits per heavy atom. The molecule has 1 rings (SSSR count). The van der Waals surface area contributed by atoms with Gasteiger partial charge in [0.25, 0.3) is 0 Å². The SMILES string of the molecule is CCCCOCCNC(=O)Cc1ccc(N)cn1. The number of anilines is 1. The number of carbonyl (C=O) groups is 1. The largest absolute Gasteiger partial charge is 0.397 e. The summed E-state index contributed by atoms with van der Waals surface area (Å²) in [5.74, 6) is -0.0497. The fraction of sp³-hybridized carbons (Fsp3) is 0.538. The minimum Gasteiger partial charge on any atom is -0.397 e. The summed E-state index contributed by atoms with van der Waals surface area (Å²) in [4.78, 5) is 15.6. The monoisotopic (exact) mass is 251 g/mol. The van der Waals surface area contributed by atoms with Crippen LogP contribution in [0.1, 0.15) is 25.5 Å². The number of nitrogens with one attached hydrogen (secondary N) is 1. The molecule has 0 fully saturated rings. The molecule has 0 bridgehead atoms. The summed E-state index contributed by atoms with van der Waals surface area (Å²) >= 11 is 0. The topological polar surface area (TPSA) is 77.2 Å². The van der Waals surface area contributed by atoms with Gasteiger partial charge in [-0.3, -0.25) is 9.78 Å². The van der Waals surface area contributed by atoms with Crippen LogP contribution in [0.2, 0.25) is 0 Å². The van der Waals surface area contributed by atoms with E-state index in [0.29, 0.717) is 24.5 Å². The zero-order valence-electron chi connectivity index (χ0n) is 10.8. The average Bonchev–Trinajstić information content (AvgIpc) is 2.36. The molecule has 5 heteroatoms. The van der Waals surface area contributed by atoms with Crippen molar-refractivity contribution in [1.29, 1.82) is 0 Å². The predicted molar refractivity (Wildman–Crippen MR) is 71.1 cm³/mol. The van der Waals surface area contributed by atoms with Gasteiger partial charge in [-0.05, 0) is 18.6 Å². The second-order valence-corrected chi connectivity index (χ2v) is 4.08. The van der Waals surface area contributed by atoms with E-state index in [4.69, 9.17) is 10.5 Å². The molecular formula is C13H21N3O2. The molecule has 5 nitrogen and oxygen atoms in total. The molecule has 1 aromatic heterocycles. The lowest BCUT2D eigenvalue weighted by molar-refractivity contribution is -0.120. The molecular weight excluding hydrogens is 230 g/mol. The van der Waals surface area contributed by atoms with E-state index in [-0.39, 0.29) is 12.3 Å². The normalized spacial score (nSPS) is 10.3. The number of nitrogen functional groups attached to an aromatic ring is 1. The molecule has 0 saturated heterocycles. The molecule has 1 aromatic rings. The van der Waals surface area contributed by atoms with Crippen LogP contribution in [0.4, 0.5) is 5.69 Å². The molecule has 0 aliphatic carbocycles. The molecule has 0 unspecified atom stereocenters. The number of nitrogens with two attached hydrogens (primary N) is 1. The molecule has 0 aliphatic rings. The Balaban J connectivity index is 2.12. The summed E-state index contributed by atoms with van der Waals surface area (Å²) in [6, 6.07) is 3.50. The highest BCUT2D eigenvalue weighted by Crippen LogP contribution is 2.01. The average molecular weight is 251 g/mol. The van der Waals surface area contributed by atoms with Crippen LogP contribution in [0.3, 0.4) is 0 Å². The maximum atomic E-state index is 11.5. The summed E-state index contributed by atoms with van der Waals surface area (Å²) in [6.07, 6.45) is 4.00. The number of unbranched alkanes of at least 4 members (excludes halogenated alkanes) is 1. The molecule has 0 radical (unpaired) electrons.